The quantitative estimate of drug-likeness (QED) is 0.192. The lowest BCUT2D eigenvalue weighted by Gasteiger charge is -2.11. The fourth-order valence-electron chi connectivity index (χ4n) is 6.98. The number of aromatic nitrogens is 3. The lowest BCUT2D eigenvalue weighted by molar-refractivity contribution is 1.08. The summed E-state index contributed by atoms with van der Waals surface area (Å²) in [7, 11) is 0. The third kappa shape index (κ3) is 4.85. The molecule has 0 aliphatic rings. The lowest BCUT2D eigenvalue weighted by Crippen LogP contribution is -2.00. The van der Waals surface area contributed by atoms with Crippen molar-refractivity contribution in [3.63, 3.8) is 0 Å². The normalized spacial score (nSPS) is 11.7. The fourth-order valence-corrected chi connectivity index (χ4v) is 8.11. The van der Waals surface area contributed by atoms with Crippen LogP contribution in [0.25, 0.3) is 97.8 Å². The van der Waals surface area contributed by atoms with E-state index in [0.29, 0.717) is 17.5 Å². The molecule has 0 unspecified atom stereocenters. The summed E-state index contributed by atoms with van der Waals surface area (Å²) in [4.78, 5) is 15.5. The largest absolute Gasteiger partial charge is 0.208 e. The van der Waals surface area contributed by atoms with Crippen molar-refractivity contribution >= 4 is 63.8 Å². The van der Waals surface area contributed by atoms with Crippen LogP contribution in [0.3, 0.4) is 0 Å². The molecule has 0 saturated carbocycles. The first-order valence-corrected chi connectivity index (χ1v) is 17.2. The topological polar surface area (TPSA) is 38.7 Å². The predicted molar refractivity (Wildman–Crippen MR) is 207 cm³/mol. The van der Waals surface area contributed by atoms with Gasteiger partial charge in [0.05, 0.1) is 0 Å². The van der Waals surface area contributed by atoms with Gasteiger partial charge in [-0.1, -0.05) is 127 Å². The first-order valence-electron chi connectivity index (χ1n) is 16.4. The molecule has 2 aromatic heterocycles. The SMILES string of the molecule is c1ccc2cc(-c3ccc4cc(-c5nc(-c6ccc7ccccc7c6)nc(-c6cccc7sc8ccccc8c67)n5)ccc4c3)ccc2c1. The van der Waals surface area contributed by atoms with Gasteiger partial charge in [-0.2, -0.15) is 0 Å². The van der Waals surface area contributed by atoms with E-state index in [1.165, 1.54) is 52.8 Å². The summed E-state index contributed by atoms with van der Waals surface area (Å²) in [5.41, 5.74) is 5.34. The molecule has 228 valence electrons. The van der Waals surface area contributed by atoms with E-state index in [4.69, 9.17) is 15.0 Å². The number of benzene rings is 8. The van der Waals surface area contributed by atoms with Crippen LogP contribution in [0.1, 0.15) is 0 Å². The van der Waals surface area contributed by atoms with Crippen molar-refractivity contribution < 1.29 is 0 Å². The molecule has 0 radical (unpaired) electrons. The summed E-state index contributed by atoms with van der Waals surface area (Å²) in [5.74, 6) is 1.99. The van der Waals surface area contributed by atoms with Crippen molar-refractivity contribution in [2.45, 2.75) is 0 Å². The van der Waals surface area contributed by atoms with Crippen LogP contribution in [0.4, 0.5) is 0 Å². The molecule has 3 nitrogen and oxygen atoms in total. The average molecular weight is 642 g/mol. The number of thiophene rings is 1. The Balaban J connectivity index is 1.14. The van der Waals surface area contributed by atoms with Crippen molar-refractivity contribution in [1.29, 1.82) is 0 Å². The van der Waals surface area contributed by atoms with Gasteiger partial charge in [0.1, 0.15) is 0 Å². The van der Waals surface area contributed by atoms with E-state index in [-0.39, 0.29) is 0 Å². The highest BCUT2D eigenvalue weighted by atomic mass is 32.1. The Hall–Kier alpha value is -6.23. The van der Waals surface area contributed by atoms with E-state index in [0.717, 1.165) is 27.5 Å². The van der Waals surface area contributed by atoms with Crippen molar-refractivity contribution in [1.82, 2.24) is 15.0 Å². The molecule has 0 saturated heterocycles. The molecule has 49 heavy (non-hydrogen) atoms. The summed E-state index contributed by atoms with van der Waals surface area (Å²) in [6.07, 6.45) is 0. The van der Waals surface area contributed by atoms with Gasteiger partial charge in [-0.15, -0.1) is 11.3 Å². The number of nitrogens with zero attached hydrogens (tertiary/aromatic N) is 3. The van der Waals surface area contributed by atoms with Gasteiger partial charge in [0.2, 0.25) is 0 Å². The molecule has 0 spiro atoms. The standard InChI is InChI=1S/C45H27N3S/c1-3-10-30-24-32(18-16-28(30)8-1)33-19-20-35-27-37(23-21-34(35)25-33)44-46-43(36-22-17-29-9-2-4-11-31(29)26-36)47-45(48-44)39-13-7-15-41-42(39)38-12-5-6-14-40(38)49-41/h1-27H. The molecule has 2 heterocycles. The molecular weight excluding hydrogens is 615 g/mol. The van der Waals surface area contributed by atoms with Crippen LogP contribution in [0.15, 0.2) is 164 Å². The van der Waals surface area contributed by atoms with Gasteiger partial charge in [0.25, 0.3) is 0 Å². The molecular formula is C45H27N3S. The van der Waals surface area contributed by atoms with Crippen LogP contribution in [-0.2, 0) is 0 Å². The summed E-state index contributed by atoms with van der Waals surface area (Å²) in [6.45, 7) is 0. The van der Waals surface area contributed by atoms with Crippen LogP contribution in [-0.4, -0.2) is 15.0 Å². The molecule has 10 rings (SSSR count). The van der Waals surface area contributed by atoms with E-state index in [9.17, 15) is 0 Å². The van der Waals surface area contributed by atoms with Gasteiger partial charge >= 0.3 is 0 Å². The molecule has 0 aliphatic carbocycles. The van der Waals surface area contributed by atoms with E-state index < -0.39 is 0 Å². The van der Waals surface area contributed by atoms with Crippen molar-refractivity contribution in [3.8, 4) is 45.3 Å². The third-order valence-corrected chi connectivity index (χ3v) is 10.6. The molecule has 8 aromatic carbocycles. The number of hydrogen-bond acceptors (Lipinski definition) is 4. The first-order chi connectivity index (χ1) is 24.2. The van der Waals surface area contributed by atoms with Gasteiger partial charge in [0, 0.05) is 36.9 Å². The molecule has 10 aromatic rings. The summed E-state index contributed by atoms with van der Waals surface area (Å²) in [6, 6.07) is 58.2. The Labute approximate surface area is 286 Å². The molecule has 0 bridgehead atoms. The monoisotopic (exact) mass is 641 g/mol. The highest BCUT2D eigenvalue weighted by Crippen LogP contribution is 2.40. The molecule has 0 aliphatic heterocycles. The Morgan fingerprint density at radius 2 is 0.776 bits per heavy atom. The van der Waals surface area contributed by atoms with Gasteiger partial charge in [-0.05, 0) is 79.8 Å². The molecule has 0 amide bonds. The van der Waals surface area contributed by atoms with Crippen molar-refractivity contribution in [2.24, 2.45) is 0 Å². The average Bonchev–Trinajstić information content (AvgIpc) is 3.56. The summed E-state index contributed by atoms with van der Waals surface area (Å²) >= 11 is 1.80. The second kappa shape index (κ2) is 11.2. The van der Waals surface area contributed by atoms with E-state index in [1.54, 1.807) is 11.3 Å². The minimum Gasteiger partial charge on any atom is -0.208 e. The highest BCUT2D eigenvalue weighted by molar-refractivity contribution is 7.25. The first kappa shape index (κ1) is 27.8. The third-order valence-electron chi connectivity index (χ3n) is 9.47. The zero-order chi connectivity index (χ0) is 32.3. The van der Waals surface area contributed by atoms with Crippen LogP contribution >= 0.6 is 11.3 Å². The highest BCUT2D eigenvalue weighted by Gasteiger charge is 2.17. The second-order valence-corrected chi connectivity index (χ2v) is 13.6. The molecule has 4 heteroatoms. The minimum atomic E-state index is 0.658. The smallest absolute Gasteiger partial charge is 0.164 e. The fraction of sp³-hybridized carbons (Fsp3) is 0. The Morgan fingerprint density at radius 3 is 1.41 bits per heavy atom. The zero-order valence-corrected chi connectivity index (χ0v) is 27.2. The van der Waals surface area contributed by atoms with E-state index in [1.807, 2.05) is 0 Å². The minimum absolute atomic E-state index is 0.658. The Bertz CT molecular complexity index is 2900. The maximum atomic E-state index is 5.18. The zero-order valence-electron chi connectivity index (χ0n) is 26.3. The van der Waals surface area contributed by atoms with Gasteiger partial charge < -0.3 is 0 Å². The van der Waals surface area contributed by atoms with Crippen molar-refractivity contribution in [3.05, 3.63) is 164 Å². The van der Waals surface area contributed by atoms with Crippen LogP contribution < -0.4 is 0 Å². The molecule has 0 fully saturated rings. The predicted octanol–water partition coefficient (Wildman–Crippen LogP) is 12.4. The maximum Gasteiger partial charge on any atom is 0.164 e. The van der Waals surface area contributed by atoms with Gasteiger partial charge in [-0.3, -0.25) is 0 Å². The van der Waals surface area contributed by atoms with Crippen LogP contribution in [0, 0.1) is 0 Å². The summed E-state index contributed by atoms with van der Waals surface area (Å²) in [5, 5.41) is 9.56. The second-order valence-electron chi connectivity index (χ2n) is 12.5. The molecule has 0 N–H and O–H groups in total. The molecule has 0 atom stereocenters. The number of rotatable bonds is 4. The number of fused-ring (bicyclic) bond motifs is 6. The van der Waals surface area contributed by atoms with Gasteiger partial charge in [-0.25, -0.2) is 15.0 Å². The van der Waals surface area contributed by atoms with E-state index >= 15 is 0 Å². The van der Waals surface area contributed by atoms with Crippen LogP contribution in [0.2, 0.25) is 0 Å². The number of hydrogen-bond donors (Lipinski definition) is 0. The lowest BCUT2D eigenvalue weighted by atomic mass is 9.98. The van der Waals surface area contributed by atoms with Crippen molar-refractivity contribution in [2.75, 3.05) is 0 Å². The van der Waals surface area contributed by atoms with Crippen LogP contribution in [0.5, 0.6) is 0 Å². The summed E-state index contributed by atoms with van der Waals surface area (Å²) < 4.78 is 2.48. The Morgan fingerprint density at radius 1 is 0.327 bits per heavy atom. The van der Waals surface area contributed by atoms with E-state index in [2.05, 4.69) is 164 Å². The van der Waals surface area contributed by atoms with Gasteiger partial charge in [0.15, 0.2) is 17.5 Å². The maximum absolute atomic E-state index is 5.18. The Kier molecular flexibility index (Phi) is 6.36.